The maximum atomic E-state index is 13.9. The summed E-state index contributed by atoms with van der Waals surface area (Å²) in [5, 5.41) is 9.18. The highest BCUT2D eigenvalue weighted by atomic mass is 19.1. The van der Waals surface area contributed by atoms with Gasteiger partial charge in [0.2, 0.25) is 6.79 Å². The van der Waals surface area contributed by atoms with Crippen molar-refractivity contribution in [3.8, 4) is 17.2 Å². The van der Waals surface area contributed by atoms with Crippen LogP contribution in [0.5, 0.6) is 17.2 Å². The van der Waals surface area contributed by atoms with Gasteiger partial charge in [-0.25, -0.2) is 4.39 Å². The third-order valence-electron chi connectivity index (χ3n) is 3.07. The number of methoxy groups -OCH3 is 1. The molecule has 0 atom stereocenters. The van der Waals surface area contributed by atoms with E-state index >= 15 is 0 Å². The number of rotatable bonds is 4. The molecule has 0 aliphatic carbocycles. The zero-order valence-corrected chi connectivity index (χ0v) is 10.9. The van der Waals surface area contributed by atoms with Gasteiger partial charge >= 0.3 is 5.97 Å². The zero-order valence-electron chi connectivity index (χ0n) is 10.9. The summed E-state index contributed by atoms with van der Waals surface area (Å²) in [5.74, 6) is -0.949. The van der Waals surface area contributed by atoms with Crippen LogP contribution in [0.4, 0.5) is 4.39 Å². The van der Waals surface area contributed by atoms with E-state index in [0.717, 1.165) is 0 Å². The molecule has 1 aromatic carbocycles. The first-order valence-electron chi connectivity index (χ1n) is 5.75. The summed E-state index contributed by atoms with van der Waals surface area (Å²) < 4.78 is 29.3. The van der Waals surface area contributed by atoms with Crippen molar-refractivity contribution < 1.29 is 28.5 Å². The van der Waals surface area contributed by atoms with Gasteiger partial charge in [0, 0.05) is 11.6 Å². The molecule has 0 aromatic heterocycles. The second-order valence-electron chi connectivity index (χ2n) is 4.97. The van der Waals surface area contributed by atoms with E-state index in [9.17, 15) is 14.3 Å². The van der Waals surface area contributed by atoms with Gasteiger partial charge in [-0.15, -0.1) is 0 Å². The molecule has 0 saturated carbocycles. The van der Waals surface area contributed by atoms with Gasteiger partial charge in [0.05, 0.1) is 12.5 Å². The monoisotopic (exact) mass is 270 g/mol. The Morgan fingerprint density at radius 3 is 2.79 bits per heavy atom. The molecule has 0 bridgehead atoms. The Bertz CT molecular complexity index is 521. The van der Waals surface area contributed by atoms with Gasteiger partial charge in [-0.05, 0) is 20.3 Å². The van der Waals surface area contributed by atoms with Gasteiger partial charge in [0.1, 0.15) is 0 Å². The predicted octanol–water partition coefficient (Wildman–Crippen LogP) is 2.22. The molecule has 0 saturated heterocycles. The van der Waals surface area contributed by atoms with Crippen LogP contribution in [0.15, 0.2) is 6.07 Å². The molecule has 0 radical (unpaired) electrons. The fraction of sp³-hybridized carbons (Fsp3) is 0.462. The summed E-state index contributed by atoms with van der Waals surface area (Å²) in [7, 11) is 1.33. The molecule has 1 aromatic rings. The number of hydrogen-bond acceptors (Lipinski definition) is 4. The van der Waals surface area contributed by atoms with Crippen molar-refractivity contribution in [2.24, 2.45) is 5.41 Å². The van der Waals surface area contributed by atoms with E-state index in [2.05, 4.69) is 0 Å². The lowest BCUT2D eigenvalue weighted by molar-refractivity contribution is -0.146. The number of carbonyl (C=O) groups is 1. The molecular formula is C13H15FO5. The third kappa shape index (κ3) is 2.30. The van der Waals surface area contributed by atoms with E-state index in [1.54, 1.807) is 13.8 Å². The zero-order chi connectivity index (χ0) is 14.2. The van der Waals surface area contributed by atoms with Crippen LogP contribution in [0, 0.1) is 11.2 Å². The van der Waals surface area contributed by atoms with Gasteiger partial charge in [0.25, 0.3) is 0 Å². The molecule has 0 fully saturated rings. The first kappa shape index (κ1) is 13.5. The molecule has 0 amide bonds. The number of aliphatic carboxylic acids is 1. The van der Waals surface area contributed by atoms with Crippen molar-refractivity contribution in [2.75, 3.05) is 13.9 Å². The molecule has 104 valence electrons. The summed E-state index contributed by atoms with van der Waals surface area (Å²) in [5.41, 5.74) is -0.691. The van der Waals surface area contributed by atoms with Crippen LogP contribution in [0.1, 0.15) is 19.4 Å². The molecule has 19 heavy (non-hydrogen) atoms. The topological polar surface area (TPSA) is 65.0 Å². The quantitative estimate of drug-likeness (QED) is 0.908. The Morgan fingerprint density at radius 2 is 2.21 bits per heavy atom. The van der Waals surface area contributed by atoms with Crippen LogP contribution in [0.2, 0.25) is 0 Å². The van der Waals surface area contributed by atoms with Gasteiger partial charge in [0.15, 0.2) is 23.1 Å². The van der Waals surface area contributed by atoms with Crippen LogP contribution < -0.4 is 14.2 Å². The van der Waals surface area contributed by atoms with Crippen LogP contribution in [-0.2, 0) is 11.2 Å². The van der Waals surface area contributed by atoms with Gasteiger partial charge < -0.3 is 19.3 Å². The van der Waals surface area contributed by atoms with Crippen molar-refractivity contribution in [2.45, 2.75) is 20.3 Å². The molecule has 1 aliphatic rings. The Hall–Kier alpha value is -1.98. The molecule has 0 unspecified atom stereocenters. The molecule has 0 spiro atoms. The van der Waals surface area contributed by atoms with Gasteiger partial charge in [-0.2, -0.15) is 0 Å². The van der Waals surface area contributed by atoms with E-state index in [1.165, 1.54) is 13.2 Å². The van der Waals surface area contributed by atoms with E-state index < -0.39 is 17.2 Å². The SMILES string of the molecule is COc1c(F)cc2c(c1CC(C)(C)C(=O)O)OCO2. The number of carboxylic acid groups (broad SMARTS) is 1. The average Bonchev–Trinajstić information content (AvgIpc) is 2.76. The molecular weight excluding hydrogens is 255 g/mol. The highest BCUT2D eigenvalue weighted by Crippen LogP contribution is 2.45. The van der Waals surface area contributed by atoms with Crippen molar-refractivity contribution in [3.05, 3.63) is 17.4 Å². The molecule has 5 nitrogen and oxygen atoms in total. The molecule has 1 aliphatic heterocycles. The fourth-order valence-corrected chi connectivity index (χ4v) is 1.96. The second-order valence-corrected chi connectivity index (χ2v) is 4.97. The van der Waals surface area contributed by atoms with Gasteiger partial charge in [-0.1, -0.05) is 0 Å². The van der Waals surface area contributed by atoms with E-state index in [4.69, 9.17) is 14.2 Å². The number of ether oxygens (including phenoxy) is 3. The highest BCUT2D eigenvalue weighted by Gasteiger charge is 2.34. The number of benzene rings is 1. The summed E-state index contributed by atoms with van der Waals surface area (Å²) >= 11 is 0. The number of hydrogen-bond donors (Lipinski definition) is 1. The van der Waals surface area contributed by atoms with E-state index in [0.29, 0.717) is 11.3 Å². The van der Waals surface area contributed by atoms with Gasteiger partial charge in [-0.3, -0.25) is 4.79 Å². The smallest absolute Gasteiger partial charge is 0.309 e. The van der Waals surface area contributed by atoms with Crippen molar-refractivity contribution in [3.63, 3.8) is 0 Å². The highest BCUT2D eigenvalue weighted by molar-refractivity contribution is 5.74. The second kappa shape index (κ2) is 4.60. The predicted molar refractivity (Wildman–Crippen MR) is 64.2 cm³/mol. The van der Waals surface area contributed by atoms with Crippen LogP contribution in [0.25, 0.3) is 0 Å². The Labute approximate surface area is 109 Å². The minimum absolute atomic E-state index is 0.00132. The van der Waals surface area contributed by atoms with Crippen molar-refractivity contribution in [1.29, 1.82) is 0 Å². The largest absolute Gasteiger partial charge is 0.493 e. The first-order valence-corrected chi connectivity index (χ1v) is 5.75. The van der Waals surface area contributed by atoms with Crippen LogP contribution in [0.3, 0.4) is 0 Å². The molecule has 1 heterocycles. The minimum atomic E-state index is -1.07. The summed E-state index contributed by atoms with van der Waals surface area (Å²) in [6, 6.07) is 1.18. The average molecular weight is 270 g/mol. The standard InChI is InChI=1S/C13H15FO5/c1-13(2,12(15)16)5-7-10(17-3)8(14)4-9-11(7)19-6-18-9/h4H,5-6H2,1-3H3,(H,15,16). The first-order chi connectivity index (χ1) is 8.86. The fourth-order valence-electron chi connectivity index (χ4n) is 1.96. The van der Waals surface area contributed by atoms with Crippen LogP contribution >= 0.6 is 0 Å². The molecule has 2 rings (SSSR count). The number of halogens is 1. The Morgan fingerprint density at radius 1 is 1.53 bits per heavy atom. The third-order valence-corrected chi connectivity index (χ3v) is 3.07. The van der Waals surface area contributed by atoms with Crippen molar-refractivity contribution >= 4 is 5.97 Å². The lowest BCUT2D eigenvalue weighted by atomic mass is 9.85. The normalized spacial score (nSPS) is 13.5. The molecule has 6 heteroatoms. The maximum Gasteiger partial charge on any atom is 0.309 e. The summed E-state index contributed by atoms with van der Waals surface area (Å²) in [6.07, 6.45) is 0.0783. The summed E-state index contributed by atoms with van der Waals surface area (Å²) in [6.45, 7) is 3.10. The minimum Gasteiger partial charge on any atom is -0.493 e. The van der Waals surface area contributed by atoms with Crippen molar-refractivity contribution in [1.82, 2.24) is 0 Å². The number of fused-ring (bicyclic) bond motifs is 1. The Kier molecular flexibility index (Phi) is 3.26. The van der Waals surface area contributed by atoms with Crippen LogP contribution in [-0.4, -0.2) is 25.0 Å². The lowest BCUT2D eigenvalue weighted by Crippen LogP contribution is -2.26. The van der Waals surface area contributed by atoms with E-state index in [1.807, 2.05) is 0 Å². The maximum absolute atomic E-state index is 13.9. The lowest BCUT2D eigenvalue weighted by Gasteiger charge is -2.21. The summed E-state index contributed by atoms with van der Waals surface area (Å²) in [4.78, 5) is 11.2. The number of carboxylic acids is 1. The van der Waals surface area contributed by atoms with E-state index in [-0.39, 0.29) is 24.7 Å². The Balaban J connectivity index is 2.52. The molecule has 1 N–H and O–H groups in total.